The summed E-state index contributed by atoms with van der Waals surface area (Å²) >= 11 is 11.6. The fourth-order valence-corrected chi connectivity index (χ4v) is 2.02. The second kappa shape index (κ2) is 6.07. The summed E-state index contributed by atoms with van der Waals surface area (Å²) in [4.78, 5) is 24.0. The van der Waals surface area contributed by atoms with Crippen LogP contribution in [0.3, 0.4) is 0 Å². The summed E-state index contributed by atoms with van der Waals surface area (Å²) in [6, 6.07) is 10.5. The quantitative estimate of drug-likeness (QED) is 0.681. The molecule has 0 aromatic heterocycles. The molecule has 2 aromatic rings. The molecular formula is C15H10Cl2O3. The summed E-state index contributed by atoms with van der Waals surface area (Å²) in [5.74, 6) is -0.963. The lowest BCUT2D eigenvalue weighted by molar-refractivity contribution is 0.0893. The Morgan fingerprint density at radius 1 is 0.950 bits per heavy atom. The summed E-state index contributed by atoms with van der Waals surface area (Å²) in [5, 5.41) is 10.2. The maximum absolute atomic E-state index is 12.0. The van der Waals surface area contributed by atoms with Gasteiger partial charge in [-0.3, -0.25) is 9.59 Å². The van der Waals surface area contributed by atoms with Crippen LogP contribution in [0.15, 0.2) is 42.5 Å². The monoisotopic (exact) mass is 308 g/mol. The maximum atomic E-state index is 12.0. The molecule has 3 nitrogen and oxygen atoms in total. The number of rotatable bonds is 4. The van der Waals surface area contributed by atoms with Gasteiger partial charge in [-0.25, -0.2) is 0 Å². The van der Waals surface area contributed by atoms with Crippen molar-refractivity contribution in [3.63, 3.8) is 0 Å². The first-order chi connectivity index (χ1) is 9.49. The zero-order valence-corrected chi connectivity index (χ0v) is 11.8. The van der Waals surface area contributed by atoms with Crippen LogP contribution in [0.4, 0.5) is 0 Å². The first kappa shape index (κ1) is 14.6. The second-order valence-electron chi connectivity index (χ2n) is 4.17. The van der Waals surface area contributed by atoms with E-state index in [0.717, 1.165) is 0 Å². The summed E-state index contributed by atoms with van der Waals surface area (Å²) < 4.78 is 0. The smallest absolute Gasteiger partial charge is 0.174 e. The van der Waals surface area contributed by atoms with Crippen molar-refractivity contribution in [2.45, 2.75) is 6.42 Å². The number of aromatic hydroxyl groups is 1. The van der Waals surface area contributed by atoms with Crippen LogP contribution < -0.4 is 0 Å². The standard InChI is InChI=1S/C15H10Cl2O3/c16-11-6-5-9(7-12(11)17)14(19)8-15(20)10-3-1-2-4-13(10)18/h1-7,18H,8H2. The van der Waals surface area contributed by atoms with Gasteiger partial charge in [0.1, 0.15) is 5.75 Å². The van der Waals surface area contributed by atoms with Crippen LogP contribution >= 0.6 is 23.2 Å². The minimum atomic E-state index is -0.445. The molecule has 2 rings (SSSR count). The van der Waals surface area contributed by atoms with Gasteiger partial charge in [-0.05, 0) is 30.3 Å². The molecule has 0 bridgehead atoms. The SMILES string of the molecule is O=C(CC(=O)c1ccccc1O)c1ccc(Cl)c(Cl)c1. The van der Waals surface area contributed by atoms with Crippen LogP contribution in [0.5, 0.6) is 5.75 Å². The molecule has 0 amide bonds. The number of para-hydroxylation sites is 1. The van der Waals surface area contributed by atoms with Crippen molar-refractivity contribution in [3.05, 3.63) is 63.6 Å². The van der Waals surface area contributed by atoms with E-state index in [1.54, 1.807) is 12.1 Å². The van der Waals surface area contributed by atoms with Gasteiger partial charge in [-0.1, -0.05) is 35.3 Å². The maximum Gasteiger partial charge on any atom is 0.174 e. The van der Waals surface area contributed by atoms with Gasteiger partial charge < -0.3 is 5.11 Å². The Hall–Kier alpha value is -1.84. The largest absolute Gasteiger partial charge is 0.507 e. The van der Waals surface area contributed by atoms with E-state index in [1.165, 1.54) is 30.3 Å². The fourth-order valence-electron chi connectivity index (χ4n) is 1.72. The van der Waals surface area contributed by atoms with Crippen molar-refractivity contribution in [1.29, 1.82) is 0 Å². The molecule has 102 valence electrons. The van der Waals surface area contributed by atoms with Gasteiger partial charge in [0.05, 0.1) is 22.0 Å². The molecule has 0 heterocycles. The van der Waals surface area contributed by atoms with Crippen molar-refractivity contribution in [2.24, 2.45) is 0 Å². The number of hydrogen-bond acceptors (Lipinski definition) is 3. The van der Waals surface area contributed by atoms with Crippen LogP contribution in [0.2, 0.25) is 10.0 Å². The Morgan fingerprint density at radius 2 is 1.65 bits per heavy atom. The number of phenolic OH excluding ortho intramolecular Hbond substituents is 1. The zero-order chi connectivity index (χ0) is 14.7. The number of benzene rings is 2. The summed E-state index contributed by atoms with van der Waals surface area (Å²) in [6.45, 7) is 0. The van der Waals surface area contributed by atoms with Crippen molar-refractivity contribution in [2.75, 3.05) is 0 Å². The van der Waals surface area contributed by atoms with E-state index in [9.17, 15) is 14.7 Å². The van der Waals surface area contributed by atoms with Gasteiger partial charge in [-0.2, -0.15) is 0 Å². The van der Waals surface area contributed by atoms with Crippen LogP contribution in [-0.4, -0.2) is 16.7 Å². The lowest BCUT2D eigenvalue weighted by Crippen LogP contribution is -2.08. The van der Waals surface area contributed by atoms with E-state index in [0.29, 0.717) is 10.6 Å². The molecule has 0 spiro atoms. The Morgan fingerprint density at radius 3 is 2.30 bits per heavy atom. The van der Waals surface area contributed by atoms with Crippen LogP contribution in [0.25, 0.3) is 0 Å². The number of carbonyl (C=O) groups is 2. The Balaban J connectivity index is 2.17. The van der Waals surface area contributed by atoms with Gasteiger partial charge in [-0.15, -0.1) is 0 Å². The number of halogens is 2. The van der Waals surface area contributed by atoms with Gasteiger partial charge in [0.2, 0.25) is 0 Å². The third kappa shape index (κ3) is 3.18. The Bertz CT molecular complexity index is 681. The van der Waals surface area contributed by atoms with E-state index >= 15 is 0 Å². The van der Waals surface area contributed by atoms with Crippen molar-refractivity contribution < 1.29 is 14.7 Å². The zero-order valence-electron chi connectivity index (χ0n) is 10.3. The molecular weight excluding hydrogens is 299 g/mol. The van der Waals surface area contributed by atoms with Crippen molar-refractivity contribution in [3.8, 4) is 5.75 Å². The van der Waals surface area contributed by atoms with Gasteiger partial charge in [0.25, 0.3) is 0 Å². The molecule has 0 saturated carbocycles. The minimum Gasteiger partial charge on any atom is -0.507 e. The third-order valence-electron chi connectivity index (χ3n) is 2.77. The van der Waals surface area contributed by atoms with Crippen molar-refractivity contribution >= 4 is 34.8 Å². The molecule has 0 atom stereocenters. The van der Waals surface area contributed by atoms with E-state index in [4.69, 9.17) is 23.2 Å². The molecule has 0 aliphatic heterocycles. The van der Waals surface area contributed by atoms with Crippen molar-refractivity contribution in [1.82, 2.24) is 0 Å². The van der Waals surface area contributed by atoms with E-state index in [2.05, 4.69) is 0 Å². The first-order valence-electron chi connectivity index (χ1n) is 5.78. The van der Waals surface area contributed by atoms with E-state index in [-0.39, 0.29) is 28.5 Å². The molecule has 20 heavy (non-hydrogen) atoms. The number of Topliss-reactive ketones (excluding diaryl/α,β-unsaturated/α-hetero) is 2. The normalized spacial score (nSPS) is 10.3. The summed E-state index contributed by atoms with van der Waals surface area (Å²) in [7, 11) is 0. The van der Waals surface area contributed by atoms with Crippen LogP contribution in [0, 0.1) is 0 Å². The Kier molecular flexibility index (Phi) is 4.42. The lowest BCUT2D eigenvalue weighted by atomic mass is 10.0. The Labute approximate surface area is 125 Å². The molecule has 0 aliphatic rings. The molecule has 0 unspecified atom stereocenters. The number of ketones is 2. The highest BCUT2D eigenvalue weighted by molar-refractivity contribution is 6.42. The molecule has 0 fully saturated rings. The lowest BCUT2D eigenvalue weighted by Gasteiger charge is -2.04. The second-order valence-corrected chi connectivity index (χ2v) is 4.98. The molecule has 2 aromatic carbocycles. The predicted octanol–water partition coefficient (Wildman–Crippen LogP) is 4.15. The molecule has 0 aliphatic carbocycles. The molecule has 5 heteroatoms. The topological polar surface area (TPSA) is 54.4 Å². The van der Waals surface area contributed by atoms with Gasteiger partial charge in [0, 0.05) is 5.56 Å². The average Bonchev–Trinajstić information content (AvgIpc) is 2.42. The first-order valence-corrected chi connectivity index (χ1v) is 6.54. The third-order valence-corrected chi connectivity index (χ3v) is 3.51. The summed E-state index contributed by atoms with van der Waals surface area (Å²) in [5.41, 5.74) is 0.434. The van der Waals surface area contributed by atoms with Crippen LogP contribution in [-0.2, 0) is 0 Å². The highest BCUT2D eigenvalue weighted by atomic mass is 35.5. The number of carbonyl (C=O) groups excluding carboxylic acids is 2. The van der Waals surface area contributed by atoms with E-state index in [1.807, 2.05) is 0 Å². The highest BCUT2D eigenvalue weighted by Crippen LogP contribution is 2.24. The predicted molar refractivity (Wildman–Crippen MR) is 77.8 cm³/mol. The molecule has 0 radical (unpaired) electrons. The molecule has 0 saturated heterocycles. The minimum absolute atomic E-state index is 0.126. The fraction of sp³-hybridized carbons (Fsp3) is 0.0667. The number of hydrogen-bond donors (Lipinski definition) is 1. The van der Waals surface area contributed by atoms with Gasteiger partial charge in [0.15, 0.2) is 11.6 Å². The summed E-state index contributed by atoms with van der Waals surface area (Å²) in [6.07, 6.45) is -0.338. The highest BCUT2D eigenvalue weighted by Gasteiger charge is 2.16. The van der Waals surface area contributed by atoms with E-state index < -0.39 is 5.78 Å². The number of phenols is 1. The molecule has 1 N–H and O–H groups in total. The average molecular weight is 309 g/mol. The van der Waals surface area contributed by atoms with Gasteiger partial charge >= 0.3 is 0 Å². The van der Waals surface area contributed by atoms with Crippen LogP contribution in [0.1, 0.15) is 27.1 Å².